The molecule has 208 valence electrons. The van der Waals surface area contributed by atoms with E-state index in [-0.39, 0.29) is 41.2 Å². The Morgan fingerprint density at radius 3 is 2.56 bits per heavy atom. The molecule has 11 heteroatoms. The number of anilines is 1. The lowest BCUT2D eigenvalue weighted by molar-refractivity contribution is -0.142. The summed E-state index contributed by atoms with van der Waals surface area (Å²) < 4.78 is 0. The van der Waals surface area contributed by atoms with Crippen molar-refractivity contribution >= 4 is 23.2 Å². The standard InChI is InChI=1S/C28H38N8O3/c1-17-22(16-35(2)3)27(38)36(20-11-5-4-6-12-20)28(39)24(17)30-29-23-14-8-13-21(25(23)37)18-9-7-10-19(15-18)26-31-33-34-32-26/h8,13-14,18-20,29,37H,4-7,9-12,15-16H2,1-3H3,(H,31,32,33,34)/b30-24+. The maximum Gasteiger partial charge on any atom is 0.281 e. The van der Waals surface area contributed by atoms with Crippen molar-refractivity contribution in [2.75, 3.05) is 26.1 Å². The largest absolute Gasteiger partial charge is 0.505 e. The molecule has 2 saturated carbocycles. The number of nitrogens with zero attached hydrogens (tertiary/aromatic N) is 6. The highest BCUT2D eigenvalue weighted by Gasteiger charge is 2.41. The number of para-hydroxylation sites is 1. The van der Waals surface area contributed by atoms with Crippen LogP contribution < -0.4 is 5.43 Å². The van der Waals surface area contributed by atoms with Crippen LogP contribution in [-0.4, -0.2) is 79.7 Å². The second-order valence-electron chi connectivity index (χ2n) is 11.3. The summed E-state index contributed by atoms with van der Waals surface area (Å²) in [5.74, 6) is 0.681. The van der Waals surface area contributed by atoms with E-state index in [1.807, 2.05) is 31.1 Å². The summed E-state index contributed by atoms with van der Waals surface area (Å²) in [7, 11) is 3.81. The van der Waals surface area contributed by atoms with Gasteiger partial charge in [-0.1, -0.05) is 37.8 Å². The van der Waals surface area contributed by atoms with Crippen LogP contribution in [0, 0.1) is 0 Å². The highest BCUT2D eigenvalue weighted by atomic mass is 16.3. The number of tetrazole rings is 1. The number of phenols is 1. The van der Waals surface area contributed by atoms with Gasteiger partial charge in [-0.3, -0.25) is 19.9 Å². The van der Waals surface area contributed by atoms with Crippen LogP contribution in [0.4, 0.5) is 5.69 Å². The lowest BCUT2D eigenvalue weighted by Crippen LogP contribution is -2.53. The molecule has 2 fully saturated rings. The minimum atomic E-state index is -0.370. The van der Waals surface area contributed by atoms with Gasteiger partial charge in [0, 0.05) is 24.1 Å². The number of likely N-dealkylation sites (N-methyl/N-ethyl adjacent to an activating group) is 1. The lowest BCUT2D eigenvalue weighted by Gasteiger charge is -2.37. The Kier molecular flexibility index (Phi) is 8.06. The van der Waals surface area contributed by atoms with Crippen molar-refractivity contribution in [1.82, 2.24) is 30.4 Å². The van der Waals surface area contributed by atoms with Crippen LogP contribution >= 0.6 is 0 Å². The lowest BCUT2D eigenvalue weighted by atomic mass is 9.77. The van der Waals surface area contributed by atoms with Crippen molar-refractivity contribution < 1.29 is 14.7 Å². The Morgan fingerprint density at radius 2 is 1.85 bits per heavy atom. The molecule has 0 spiro atoms. The Hall–Kier alpha value is -3.60. The molecule has 0 bridgehead atoms. The average molecular weight is 535 g/mol. The number of carbonyl (C=O) groups is 2. The summed E-state index contributed by atoms with van der Waals surface area (Å²) in [5.41, 5.74) is 5.61. The van der Waals surface area contributed by atoms with Crippen LogP contribution in [0.15, 0.2) is 34.4 Å². The summed E-state index contributed by atoms with van der Waals surface area (Å²) in [6.07, 6.45) is 8.57. The number of H-pyrrole nitrogens is 1. The molecule has 39 heavy (non-hydrogen) atoms. The Labute approximate surface area is 228 Å². The van der Waals surface area contributed by atoms with Crippen molar-refractivity contribution in [3.63, 3.8) is 0 Å². The van der Waals surface area contributed by atoms with E-state index in [0.29, 0.717) is 23.4 Å². The number of benzene rings is 1. The maximum atomic E-state index is 13.7. The van der Waals surface area contributed by atoms with Crippen LogP contribution in [0.1, 0.15) is 87.9 Å². The van der Waals surface area contributed by atoms with Crippen molar-refractivity contribution in [2.24, 2.45) is 5.10 Å². The number of hydrogen-bond acceptors (Lipinski definition) is 9. The predicted molar refractivity (Wildman–Crippen MR) is 147 cm³/mol. The number of aromatic amines is 1. The van der Waals surface area contributed by atoms with Crippen LogP contribution in [0.2, 0.25) is 0 Å². The predicted octanol–water partition coefficient (Wildman–Crippen LogP) is 3.69. The van der Waals surface area contributed by atoms with E-state index in [1.165, 1.54) is 4.90 Å². The first-order valence-electron chi connectivity index (χ1n) is 14.0. The number of amides is 2. The first-order valence-corrected chi connectivity index (χ1v) is 14.0. The van der Waals surface area contributed by atoms with Gasteiger partial charge in [0.15, 0.2) is 11.5 Å². The molecule has 3 aliphatic rings. The second kappa shape index (κ2) is 11.6. The summed E-state index contributed by atoms with van der Waals surface area (Å²) in [6, 6.07) is 5.47. The van der Waals surface area contributed by atoms with Crippen molar-refractivity contribution in [1.29, 1.82) is 0 Å². The first-order chi connectivity index (χ1) is 18.8. The fraction of sp³-hybridized carbons (Fsp3) is 0.571. The molecule has 0 radical (unpaired) electrons. The smallest absolute Gasteiger partial charge is 0.281 e. The molecule has 5 rings (SSSR count). The Morgan fingerprint density at radius 1 is 1.08 bits per heavy atom. The summed E-state index contributed by atoms with van der Waals surface area (Å²) >= 11 is 0. The zero-order valence-corrected chi connectivity index (χ0v) is 23.0. The normalized spacial score (nSPS) is 24.2. The zero-order chi connectivity index (χ0) is 27.5. The molecule has 1 aliphatic heterocycles. The molecule has 1 aromatic heterocycles. The maximum absolute atomic E-state index is 13.7. The van der Waals surface area contributed by atoms with E-state index in [2.05, 4.69) is 31.2 Å². The van der Waals surface area contributed by atoms with Crippen molar-refractivity contribution in [3.05, 3.63) is 40.7 Å². The minimum Gasteiger partial charge on any atom is -0.505 e. The SMILES string of the molecule is CC1=C(CN(C)C)C(=O)N(C2CCCCC2)C(=O)/C1=N/Nc1cccc(C2CCCC(c3nnn[nH]3)C2)c1O. The van der Waals surface area contributed by atoms with Gasteiger partial charge in [-0.25, -0.2) is 5.10 Å². The third-order valence-corrected chi connectivity index (χ3v) is 8.34. The molecule has 2 atom stereocenters. The summed E-state index contributed by atoms with van der Waals surface area (Å²) in [5, 5.41) is 30.2. The first kappa shape index (κ1) is 27.0. The number of aromatic nitrogens is 4. The number of phenolic OH excluding ortho intramolecular Hbond substituents is 1. The molecule has 2 unspecified atom stereocenters. The van der Waals surface area contributed by atoms with Gasteiger partial charge in [-0.05, 0) is 86.7 Å². The van der Waals surface area contributed by atoms with E-state index in [1.54, 1.807) is 13.0 Å². The molecule has 2 aliphatic carbocycles. The number of hydrogen-bond donors (Lipinski definition) is 3. The molecule has 2 amide bonds. The molecule has 2 heterocycles. The van der Waals surface area contributed by atoms with E-state index in [0.717, 1.165) is 69.2 Å². The number of aromatic hydroxyl groups is 1. The monoisotopic (exact) mass is 534 g/mol. The highest BCUT2D eigenvalue weighted by molar-refractivity contribution is 6.50. The van der Waals surface area contributed by atoms with Crippen LogP contribution in [-0.2, 0) is 9.59 Å². The fourth-order valence-electron chi connectivity index (χ4n) is 6.28. The van der Waals surface area contributed by atoms with Gasteiger partial charge in [-0.2, -0.15) is 5.10 Å². The summed E-state index contributed by atoms with van der Waals surface area (Å²) in [4.78, 5) is 30.5. The Bertz CT molecular complexity index is 1260. The molecular weight excluding hydrogens is 496 g/mol. The van der Waals surface area contributed by atoms with Crippen LogP contribution in [0.3, 0.4) is 0 Å². The molecular formula is C28H38N8O3. The van der Waals surface area contributed by atoms with E-state index in [9.17, 15) is 14.7 Å². The summed E-state index contributed by atoms with van der Waals surface area (Å²) in [6.45, 7) is 2.20. The molecule has 11 nitrogen and oxygen atoms in total. The topological polar surface area (TPSA) is 140 Å². The van der Waals surface area contributed by atoms with Gasteiger partial charge in [0.2, 0.25) is 0 Å². The number of hydrazone groups is 1. The highest BCUT2D eigenvalue weighted by Crippen LogP contribution is 2.44. The third kappa shape index (κ3) is 5.59. The average Bonchev–Trinajstić information content (AvgIpc) is 3.48. The van der Waals surface area contributed by atoms with Gasteiger partial charge in [0.25, 0.3) is 11.8 Å². The van der Waals surface area contributed by atoms with Gasteiger partial charge in [0.05, 0.1) is 5.69 Å². The molecule has 2 aromatic rings. The quantitative estimate of drug-likeness (QED) is 0.278. The third-order valence-electron chi connectivity index (χ3n) is 8.34. The number of nitrogens with one attached hydrogen (secondary N) is 2. The fourth-order valence-corrected chi connectivity index (χ4v) is 6.28. The van der Waals surface area contributed by atoms with Crippen molar-refractivity contribution in [2.45, 2.75) is 82.6 Å². The zero-order valence-electron chi connectivity index (χ0n) is 23.0. The molecule has 1 aromatic carbocycles. The Balaban J connectivity index is 1.42. The van der Waals surface area contributed by atoms with Gasteiger partial charge in [-0.15, -0.1) is 5.10 Å². The number of imide groups is 1. The number of rotatable bonds is 7. The van der Waals surface area contributed by atoms with E-state index < -0.39 is 0 Å². The van der Waals surface area contributed by atoms with Gasteiger partial charge < -0.3 is 10.0 Å². The molecule has 3 N–H and O–H groups in total. The molecule has 0 saturated heterocycles. The van der Waals surface area contributed by atoms with E-state index >= 15 is 0 Å². The van der Waals surface area contributed by atoms with E-state index in [4.69, 9.17) is 0 Å². The van der Waals surface area contributed by atoms with Crippen molar-refractivity contribution in [3.8, 4) is 5.75 Å². The minimum absolute atomic E-state index is 0.107. The second-order valence-corrected chi connectivity index (χ2v) is 11.3. The van der Waals surface area contributed by atoms with Gasteiger partial charge in [0.1, 0.15) is 5.75 Å². The number of carbonyl (C=O) groups excluding carboxylic acids is 2. The van der Waals surface area contributed by atoms with Gasteiger partial charge >= 0.3 is 0 Å². The van der Waals surface area contributed by atoms with Crippen LogP contribution in [0.5, 0.6) is 5.75 Å². The van der Waals surface area contributed by atoms with Crippen LogP contribution in [0.25, 0.3) is 0 Å².